The second-order valence-electron chi connectivity index (χ2n) is 7.84. The lowest BCUT2D eigenvalue weighted by Crippen LogP contribution is -2.36. The normalized spacial score (nSPS) is 10.9. The predicted octanol–water partition coefficient (Wildman–Crippen LogP) is 5.58. The molecule has 3 aromatic rings. The van der Waals surface area contributed by atoms with Gasteiger partial charge in [0.2, 0.25) is 0 Å². The molecular weight excluding hydrogens is 438 g/mol. The van der Waals surface area contributed by atoms with Gasteiger partial charge >= 0.3 is 5.97 Å². The number of nitrogens with zero attached hydrogens (tertiary/aromatic N) is 1. The lowest BCUT2D eigenvalue weighted by Gasteiger charge is -2.28. The molecule has 0 radical (unpaired) electrons. The van der Waals surface area contributed by atoms with Crippen LogP contribution in [-0.4, -0.2) is 46.0 Å². The number of thioether (sulfide) groups is 1. The van der Waals surface area contributed by atoms with Crippen LogP contribution in [0.25, 0.3) is 11.3 Å². The molecule has 0 unspecified atom stereocenters. The largest absolute Gasteiger partial charge is 0.493 e. The van der Waals surface area contributed by atoms with Crippen LogP contribution >= 0.6 is 11.8 Å². The van der Waals surface area contributed by atoms with Gasteiger partial charge in [-0.1, -0.05) is 30.3 Å². The third-order valence-electron chi connectivity index (χ3n) is 5.05. The van der Waals surface area contributed by atoms with E-state index in [9.17, 15) is 9.59 Å². The summed E-state index contributed by atoms with van der Waals surface area (Å²) in [6.07, 6.45) is 2.38. The highest BCUT2D eigenvalue weighted by Gasteiger charge is 2.21. The molecule has 3 rings (SSSR count). The van der Waals surface area contributed by atoms with E-state index in [2.05, 4.69) is 0 Å². The standard InChI is InChI=1S/C26H29NO5S/c1-19(2)27(26(30)21-12-10-20(11-13-21)23-9-5-14-31-23)17-22-7-3-4-8-24(22)32-15-6-16-33-18-25(28)29/h3-5,7-14,19H,6,15-18H2,1-2H3,(H,28,29). The quantitative estimate of drug-likeness (QED) is 0.350. The number of ether oxygens (including phenoxy) is 1. The number of aliphatic carboxylic acids is 1. The van der Waals surface area contributed by atoms with Gasteiger partial charge in [-0.2, -0.15) is 11.8 Å². The van der Waals surface area contributed by atoms with Crippen LogP contribution in [-0.2, 0) is 11.3 Å². The molecule has 7 heteroatoms. The highest BCUT2D eigenvalue weighted by molar-refractivity contribution is 7.99. The number of carbonyl (C=O) groups excluding carboxylic acids is 1. The van der Waals surface area contributed by atoms with Crippen LogP contribution in [0, 0.1) is 0 Å². The Hall–Kier alpha value is -3.19. The van der Waals surface area contributed by atoms with Gasteiger partial charge in [0.1, 0.15) is 11.5 Å². The van der Waals surface area contributed by atoms with E-state index < -0.39 is 5.97 Å². The summed E-state index contributed by atoms with van der Waals surface area (Å²) in [5.74, 6) is 1.48. The Morgan fingerprint density at radius 2 is 1.82 bits per heavy atom. The maximum atomic E-state index is 13.3. The number of benzene rings is 2. The summed E-state index contributed by atoms with van der Waals surface area (Å²) in [7, 11) is 0. The summed E-state index contributed by atoms with van der Waals surface area (Å²) in [4.78, 5) is 25.7. The van der Waals surface area contributed by atoms with Gasteiger partial charge in [-0.25, -0.2) is 0 Å². The number of amides is 1. The van der Waals surface area contributed by atoms with E-state index >= 15 is 0 Å². The third-order valence-corrected chi connectivity index (χ3v) is 6.08. The van der Waals surface area contributed by atoms with E-state index in [4.69, 9.17) is 14.3 Å². The number of hydrogen-bond acceptors (Lipinski definition) is 5. The van der Waals surface area contributed by atoms with Crippen molar-refractivity contribution in [1.82, 2.24) is 4.90 Å². The Morgan fingerprint density at radius 3 is 2.48 bits per heavy atom. The Kier molecular flexibility index (Phi) is 9.01. The first-order chi connectivity index (χ1) is 16.0. The molecule has 174 valence electrons. The zero-order valence-electron chi connectivity index (χ0n) is 18.9. The molecule has 0 fully saturated rings. The summed E-state index contributed by atoms with van der Waals surface area (Å²) < 4.78 is 11.4. The Bertz CT molecular complexity index is 1030. The minimum atomic E-state index is -0.805. The molecule has 0 saturated carbocycles. The minimum absolute atomic E-state index is 0.00252. The fourth-order valence-corrected chi connectivity index (χ4v) is 3.98. The smallest absolute Gasteiger partial charge is 0.313 e. The molecule has 0 spiro atoms. The van der Waals surface area contributed by atoms with Crippen molar-refractivity contribution in [3.8, 4) is 17.1 Å². The first-order valence-corrected chi connectivity index (χ1v) is 12.1. The van der Waals surface area contributed by atoms with E-state index in [0.29, 0.717) is 18.7 Å². The van der Waals surface area contributed by atoms with Gasteiger partial charge < -0.3 is 19.2 Å². The lowest BCUT2D eigenvalue weighted by molar-refractivity contribution is -0.133. The average Bonchev–Trinajstić information content (AvgIpc) is 3.35. The maximum absolute atomic E-state index is 13.3. The number of carboxylic acids is 1. The lowest BCUT2D eigenvalue weighted by atomic mass is 10.1. The molecule has 33 heavy (non-hydrogen) atoms. The molecule has 1 heterocycles. The Morgan fingerprint density at radius 1 is 1.06 bits per heavy atom. The zero-order valence-corrected chi connectivity index (χ0v) is 19.7. The third kappa shape index (κ3) is 7.15. The van der Waals surface area contributed by atoms with Crippen molar-refractivity contribution in [3.63, 3.8) is 0 Å². The second kappa shape index (κ2) is 12.2. The van der Waals surface area contributed by atoms with Gasteiger partial charge in [-0.15, -0.1) is 0 Å². The zero-order chi connectivity index (χ0) is 23.6. The van der Waals surface area contributed by atoms with Gasteiger partial charge in [0.15, 0.2) is 0 Å². The molecule has 0 saturated heterocycles. The van der Waals surface area contributed by atoms with E-state index in [0.717, 1.165) is 34.8 Å². The highest BCUT2D eigenvalue weighted by atomic mass is 32.2. The first kappa shape index (κ1) is 24.5. The fraction of sp³-hybridized carbons (Fsp3) is 0.308. The number of carbonyl (C=O) groups is 2. The van der Waals surface area contributed by atoms with Crippen molar-refractivity contribution in [2.75, 3.05) is 18.1 Å². The molecule has 2 aromatic carbocycles. The van der Waals surface area contributed by atoms with Crippen LogP contribution in [0.4, 0.5) is 0 Å². The monoisotopic (exact) mass is 467 g/mol. The molecule has 1 amide bonds. The van der Waals surface area contributed by atoms with Crippen LogP contribution in [0.1, 0.15) is 36.2 Å². The minimum Gasteiger partial charge on any atom is -0.493 e. The topological polar surface area (TPSA) is 80.0 Å². The maximum Gasteiger partial charge on any atom is 0.313 e. The van der Waals surface area contributed by atoms with E-state index in [1.165, 1.54) is 11.8 Å². The van der Waals surface area contributed by atoms with Crippen molar-refractivity contribution >= 4 is 23.6 Å². The Balaban J connectivity index is 1.64. The highest BCUT2D eigenvalue weighted by Crippen LogP contribution is 2.24. The molecule has 0 bridgehead atoms. The number of para-hydroxylation sites is 1. The summed E-state index contributed by atoms with van der Waals surface area (Å²) in [6.45, 7) is 4.92. The molecule has 0 aliphatic rings. The van der Waals surface area contributed by atoms with Crippen LogP contribution in [0.3, 0.4) is 0 Å². The van der Waals surface area contributed by atoms with Gasteiger partial charge in [-0.3, -0.25) is 9.59 Å². The fourth-order valence-electron chi connectivity index (χ4n) is 3.34. The summed E-state index contributed by atoms with van der Waals surface area (Å²) >= 11 is 1.38. The molecule has 6 nitrogen and oxygen atoms in total. The van der Waals surface area contributed by atoms with Crippen molar-refractivity contribution in [1.29, 1.82) is 0 Å². The summed E-state index contributed by atoms with van der Waals surface area (Å²) in [5.41, 5.74) is 2.48. The number of carboxylic acid groups (broad SMARTS) is 1. The summed E-state index contributed by atoms with van der Waals surface area (Å²) in [6, 6.07) is 18.9. The van der Waals surface area contributed by atoms with Crippen molar-refractivity contribution in [3.05, 3.63) is 78.1 Å². The number of rotatable bonds is 12. The van der Waals surface area contributed by atoms with Gasteiger partial charge in [0, 0.05) is 29.3 Å². The average molecular weight is 468 g/mol. The molecule has 1 N–H and O–H groups in total. The first-order valence-electron chi connectivity index (χ1n) is 10.9. The van der Waals surface area contributed by atoms with Gasteiger partial charge in [0.25, 0.3) is 5.91 Å². The molecule has 1 aromatic heterocycles. The van der Waals surface area contributed by atoms with Crippen molar-refractivity contribution in [2.45, 2.75) is 32.9 Å². The molecule has 0 atom stereocenters. The number of hydrogen-bond donors (Lipinski definition) is 1. The molecule has 0 aliphatic heterocycles. The van der Waals surface area contributed by atoms with Crippen LogP contribution < -0.4 is 4.74 Å². The summed E-state index contributed by atoms with van der Waals surface area (Å²) in [5, 5.41) is 8.71. The molecular formula is C26H29NO5S. The van der Waals surface area contributed by atoms with Gasteiger partial charge in [0.05, 0.1) is 18.6 Å². The van der Waals surface area contributed by atoms with Crippen LogP contribution in [0.2, 0.25) is 0 Å². The van der Waals surface area contributed by atoms with E-state index in [1.807, 2.05) is 79.4 Å². The number of furan rings is 1. The predicted molar refractivity (Wildman–Crippen MR) is 131 cm³/mol. The van der Waals surface area contributed by atoms with Crippen molar-refractivity contribution in [2.24, 2.45) is 0 Å². The van der Waals surface area contributed by atoms with Crippen molar-refractivity contribution < 1.29 is 23.8 Å². The van der Waals surface area contributed by atoms with Crippen LogP contribution in [0.5, 0.6) is 5.75 Å². The second-order valence-corrected chi connectivity index (χ2v) is 8.94. The van der Waals surface area contributed by atoms with E-state index in [1.54, 1.807) is 6.26 Å². The van der Waals surface area contributed by atoms with Crippen LogP contribution in [0.15, 0.2) is 71.3 Å². The SMILES string of the molecule is CC(C)N(Cc1ccccc1OCCCSCC(=O)O)C(=O)c1ccc(-c2ccco2)cc1. The van der Waals surface area contributed by atoms with Gasteiger partial charge in [-0.05, 0) is 56.4 Å². The Labute approximate surface area is 198 Å². The molecule has 0 aliphatic carbocycles. The van der Waals surface area contributed by atoms with E-state index in [-0.39, 0.29) is 17.7 Å².